The van der Waals surface area contributed by atoms with Crippen molar-refractivity contribution < 1.29 is 59.8 Å². The highest BCUT2D eigenvalue weighted by molar-refractivity contribution is 5.39. The van der Waals surface area contributed by atoms with E-state index in [1.54, 1.807) is 0 Å². The van der Waals surface area contributed by atoms with Crippen LogP contribution in [0.25, 0.3) is 0 Å². The molecule has 12 atom stereocenters. The van der Waals surface area contributed by atoms with E-state index in [9.17, 15) is 40.9 Å². The van der Waals surface area contributed by atoms with Crippen molar-refractivity contribution in [2.45, 2.75) is 169 Å². The number of hydrogen-bond donors (Lipinski definition) is 8. The summed E-state index contributed by atoms with van der Waals surface area (Å²) in [5.41, 5.74) is 8.72. The van der Waals surface area contributed by atoms with Gasteiger partial charge in [-0.25, -0.2) is 0 Å². The average molecular weight is 893 g/mol. The lowest BCUT2D eigenvalue weighted by atomic mass is 9.71. The molecule has 2 fully saturated rings. The average Bonchev–Trinajstić information content (AvgIpc) is 3.21. The predicted molar refractivity (Wildman–Crippen MR) is 249 cm³/mol. The van der Waals surface area contributed by atoms with E-state index in [2.05, 4.69) is 130 Å². The van der Waals surface area contributed by atoms with Gasteiger partial charge in [-0.2, -0.15) is 0 Å². The third-order valence-corrected chi connectivity index (χ3v) is 12.6. The smallest absolute Gasteiger partial charge is 0.186 e. The maximum atomic E-state index is 10.5. The van der Waals surface area contributed by atoms with Crippen molar-refractivity contribution >= 4 is 0 Å². The van der Waals surface area contributed by atoms with E-state index in [1.807, 2.05) is 24.3 Å². The summed E-state index contributed by atoms with van der Waals surface area (Å²) in [6, 6.07) is 0. The van der Waals surface area contributed by atoms with Crippen molar-refractivity contribution in [2.75, 3.05) is 13.2 Å². The molecule has 0 aromatic rings. The van der Waals surface area contributed by atoms with Crippen LogP contribution in [0.15, 0.2) is 130 Å². The maximum Gasteiger partial charge on any atom is 0.186 e. The molecule has 356 valence electrons. The molecule has 0 bridgehead atoms. The first-order valence-corrected chi connectivity index (χ1v) is 22.5. The summed E-state index contributed by atoms with van der Waals surface area (Å²) in [7, 11) is 0. The van der Waals surface area contributed by atoms with Crippen LogP contribution in [0.4, 0.5) is 0 Å². The Labute approximate surface area is 381 Å². The summed E-state index contributed by atoms with van der Waals surface area (Å²) < 4.78 is 23.4. The second kappa shape index (κ2) is 23.9. The van der Waals surface area contributed by atoms with Gasteiger partial charge in [0.05, 0.1) is 25.4 Å². The summed E-state index contributed by atoms with van der Waals surface area (Å²) in [5, 5.41) is 80.6. The molecule has 0 aromatic carbocycles. The lowest BCUT2D eigenvalue weighted by Gasteiger charge is -2.43. The van der Waals surface area contributed by atoms with Gasteiger partial charge >= 0.3 is 0 Å². The Kier molecular flexibility index (Phi) is 19.9. The molecule has 4 aliphatic rings. The highest BCUT2D eigenvalue weighted by Crippen LogP contribution is 2.44. The lowest BCUT2D eigenvalue weighted by Crippen LogP contribution is -2.59. The summed E-state index contributed by atoms with van der Waals surface area (Å²) in [5.74, 6) is 0. The zero-order valence-corrected chi connectivity index (χ0v) is 39.5. The van der Waals surface area contributed by atoms with Crippen molar-refractivity contribution in [1.29, 1.82) is 0 Å². The molecule has 2 aliphatic carbocycles. The molecule has 0 saturated carbocycles. The number of hydrogen-bond acceptors (Lipinski definition) is 12. The van der Waals surface area contributed by atoms with Crippen LogP contribution in [0.3, 0.4) is 0 Å². The Morgan fingerprint density at radius 3 is 1.17 bits per heavy atom. The predicted octanol–water partition coefficient (Wildman–Crippen LogP) is 6.20. The molecule has 0 aromatic heterocycles. The van der Waals surface area contributed by atoms with Crippen LogP contribution in [0, 0.1) is 10.8 Å². The minimum absolute atomic E-state index is 0.226. The second-order valence-electron chi connectivity index (χ2n) is 19.3. The van der Waals surface area contributed by atoms with Crippen molar-refractivity contribution in [2.24, 2.45) is 10.8 Å². The van der Waals surface area contributed by atoms with Gasteiger partial charge in [0.2, 0.25) is 0 Å². The fraction of sp³-hybridized carbons (Fsp3) is 0.577. The minimum atomic E-state index is -1.47. The third-order valence-electron chi connectivity index (χ3n) is 12.6. The molecule has 0 spiro atoms. The molecule has 0 amide bonds. The highest BCUT2D eigenvalue weighted by atomic mass is 16.7. The molecule has 12 heteroatoms. The Bertz CT molecular complexity index is 1780. The number of allylic oxidation sites excluding steroid dienone is 20. The first-order chi connectivity index (χ1) is 30.1. The van der Waals surface area contributed by atoms with Crippen LogP contribution in [-0.2, 0) is 18.9 Å². The standard InChI is InChI=1S/C52H76O12/c1-31(17-13-19-33(3)21-23-39-35(5)25-37(27-51(39,7)8)61-49-47(59)45(57)43(55)41(29-53)63-49)15-11-12-16-32(2)18-14-20-34(4)22-24-40-36(6)26-38(28-52(40,9)10)62-50-48(60)46(58)44(56)42(30-54)64-50/h11-24,37-38,41-50,53-60H,25-30H2,1-10H3/b12-11+,17-13+,18-14+,23-21+,24-22+,31-15+,32-16+,33-19+,34-20+/t37-,38-,41-,42-,43-,44-,45?,46?,47?,48?,49-,50-/m1/s1. The van der Waals surface area contributed by atoms with E-state index in [-0.39, 0.29) is 23.0 Å². The number of aliphatic hydroxyl groups is 8. The molecule has 64 heavy (non-hydrogen) atoms. The number of ether oxygens (including phenoxy) is 4. The molecule has 2 heterocycles. The van der Waals surface area contributed by atoms with E-state index in [4.69, 9.17) is 18.9 Å². The Hall–Kier alpha value is -3.34. The van der Waals surface area contributed by atoms with Crippen LogP contribution in [0.5, 0.6) is 0 Å². The van der Waals surface area contributed by atoms with Gasteiger partial charge in [-0.3, -0.25) is 0 Å². The zero-order chi connectivity index (χ0) is 47.5. The van der Waals surface area contributed by atoms with Crippen molar-refractivity contribution in [3.05, 3.63) is 130 Å². The molecule has 2 saturated heterocycles. The van der Waals surface area contributed by atoms with Crippen LogP contribution in [-0.4, -0.2) is 128 Å². The quantitative estimate of drug-likeness (QED) is 0.0819. The van der Waals surface area contributed by atoms with Gasteiger partial charge < -0.3 is 59.8 Å². The van der Waals surface area contributed by atoms with Gasteiger partial charge in [-0.05, 0) is 89.2 Å². The fourth-order valence-electron chi connectivity index (χ4n) is 9.00. The zero-order valence-electron chi connectivity index (χ0n) is 39.5. The Morgan fingerprint density at radius 1 is 0.516 bits per heavy atom. The van der Waals surface area contributed by atoms with Crippen LogP contribution >= 0.6 is 0 Å². The van der Waals surface area contributed by atoms with Crippen molar-refractivity contribution in [3.8, 4) is 0 Å². The molecule has 4 unspecified atom stereocenters. The van der Waals surface area contributed by atoms with Gasteiger partial charge in [0.15, 0.2) is 12.6 Å². The molecule has 8 N–H and O–H groups in total. The summed E-state index contributed by atoms with van der Waals surface area (Å²) in [6.07, 6.45) is 18.2. The first-order valence-electron chi connectivity index (χ1n) is 22.5. The Morgan fingerprint density at radius 2 is 0.844 bits per heavy atom. The minimum Gasteiger partial charge on any atom is -0.394 e. The second-order valence-corrected chi connectivity index (χ2v) is 19.3. The maximum absolute atomic E-state index is 10.5. The monoisotopic (exact) mass is 893 g/mol. The molecule has 2 aliphatic heterocycles. The number of aliphatic hydroxyl groups excluding tert-OH is 8. The van der Waals surface area contributed by atoms with E-state index >= 15 is 0 Å². The van der Waals surface area contributed by atoms with Gasteiger partial charge in [-0.15, -0.1) is 0 Å². The van der Waals surface area contributed by atoms with Crippen LogP contribution < -0.4 is 0 Å². The van der Waals surface area contributed by atoms with Crippen molar-refractivity contribution in [1.82, 2.24) is 0 Å². The van der Waals surface area contributed by atoms with Gasteiger partial charge in [0.1, 0.15) is 48.8 Å². The van der Waals surface area contributed by atoms with Gasteiger partial charge in [-0.1, -0.05) is 146 Å². The van der Waals surface area contributed by atoms with Gasteiger partial charge in [0.25, 0.3) is 0 Å². The molecular weight excluding hydrogens is 817 g/mol. The topological polar surface area (TPSA) is 199 Å². The first kappa shape index (κ1) is 53.3. The normalized spacial score (nSPS) is 35.1. The van der Waals surface area contributed by atoms with Gasteiger partial charge in [0, 0.05) is 0 Å². The van der Waals surface area contributed by atoms with Crippen molar-refractivity contribution in [3.63, 3.8) is 0 Å². The van der Waals surface area contributed by atoms with Crippen LogP contribution in [0.2, 0.25) is 0 Å². The van der Waals surface area contributed by atoms with E-state index in [1.165, 1.54) is 11.1 Å². The Balaban J connectivity index is 1.25. The lowest BCUT2D eigenvalue weighted by molar-refractivity contribution is -0.313. The molecular formula is C52H76O12. The fourth-order valence-corrected chi connectivity index (χ4v) is 9.00. The molecule has 12 nitrogen and oxygen atoms in total. The number of rotatable bonds is 16. The summed E-state index contributed by atoms with van der Waals surface area (Å²) >= 11 is 0. The van der Waals surface area contributed by atoms with Crippen LogP contribution in [0.1, 0.15) is 94.9 Å². The van der Waals surface area contributed by atoms with E-state index < -0.39 is 74.6 Å². The molecule has 0 radical (unpaired) electrons. The van der Waals surface area contributed by atoms with E-state index in [0.717, 1.165) is 33.4 Å². The largest absolute Gasteiger partial charge is 0.394 e. The van der Waals surface area contributed by atoms with E-state index in [0.29, 0.717) is 25.7 Å². The SMILES string of the molecule is CC1=C(/C=C/C(C)=C/C=C/C(C)=C/C=C/C=C(C)/C=C/C=C(C)/C=C/C2=C(C)C[C@@H](O[C@@H]3O[C@H](CO)[C@@H](O)C(O)C3O)CC2(C)C)C(C)(C)C[C@H](O[C@@H]2O[C@H](CO)[C@@H](O)C(O)C2O)C1. The summed E-state index contributed by atoms with van der Waals surface area (Å²) in [6.45, 7) is 20.0. The third kappa shape index (κ3) is 14.6. The molecule has 4 rings (SSSR count). The highest BCUT2D eigenvalue weighted by Gasteiger charge is 2.47. The summed E-state index contributed by atoms with van der Waals surface area (Å²) in [4.78, 5) is 0.